The van der Waals surface area contributed by atoms with Gasteiger partial charge in [-0.1, -0.05) is 12.1 Å². The van der Waals surface area contributed by atoms with E-state index in [4.69, 9.17) is 10.8 Å². The number of carbonyl (C=O) groups is 1. The summed E-state index contributed by atoms with van der Waals surface area (Å²) in [4.78, 5) is 11.1. The van der Waals surface area contributed by atoms with Gasteiger partial charge < -0.3 is 16.2 Å². The number of nitrogen functional groups attached to an aromatic ring is 1. The molecule has 21 heavy (non-hydrogen) atoms. The highest BCUT2D eigenvalue weighted by atomic mass is 19.1. The highest BCUT2D eigenvalue weighted by Crippen LogP contribution is 2.22. The van der Waals surface area contributed by atoms with E-state index in [0.29, 0.717) is 24.2 Å². The quantitative estimate of drug-likeness (QED) is 0.739. The fraction of sp³-hybridized carbons (Fsp3) is 0.188. The molecule has 0 aliphatic heterocycles. The molecule has 0 unspecified atom stereocenters. The molecule has 0 radical (unpaired) electrons. The number of benzene rings is 2. The van der Waals surface area contributed by atoms with Gasteiger partial charge in [-0.2, -0.15) is 0 Å². The van der Waals surface area contributed by atoms with Crippen molar-refractivity contribution in [2.24, 2.45) is 0 Å². The van der Waals surface area contributed by atoms with Gasteiger partial charge in [0.15, 0.2) is 0 Å². The first-order chi connectivity index (χ1) is 9.97. The maximum atomic E-state index is 13.1. The van der Waals surface area contributed by atoms with Gasteiger partial charge in [0.1, 0.15) is 5.82 Å². The van der Waals surface area contributed by atoms with Gasteiger partial charge in [0.05, 0.1) is 5.56 Å². The molecule has 5 heteroatoms. The van der Waals surface area contributed by atoms with Crippen molar-refractivity contribution in [3.05, 3.63) is 58.9 Å². The lowest BCUT2D eigenvalue weighted by molar-refractivity contribution is 0.0698. The van der Waals surface area contributed by atoms with Crippen molar-refractivity contribution in [1.29, 1.82) is 0 Å². The summed E-state index contributed by atoms with van der Waals surface area (Å²) >= 11 is 0. The van der Waals surface area contributed by atoms with Crippen LogP contribution in [0.3, 0.4) is 0 Å². The highest BCUT2D eigenvalue weighted by Gasteiger charge is 2.11. The molecule has 0 amide bonds. The summed E-state index contributed by atoms with van der Waals surface area (Å²) in [6.45, 7) is 2.34. The lowest BCUT2D eigenvalue weighted by Gasteiger charge is -2.11. The third kappa shape index (κ3) is 3.72. The Hall–Kier alpha value is -2.56. The van der Waals surface area contributed by atoms with Crippen molar-refractivity contribution < 1.29 is 14.3 Å². The molecule has 4 N–H and O–H groups in total. The van der Waals surface area contributed by atoms with Crippen molar-refractivity contribution in [3.8, 4) is 0 Å². The van der Waals surface area contributed by atoms with Crippen LogP contribution in [0.15, 0.2) is 36.4 Å². The van der Waals surface area contributed by atoms with E-state index in [1.165, 1.54) is 18.2 Å². The first-order valence-corrected chi connectivity index (χ1v) is 6.59. The van der Waals surface area contributed by atoms with E-state index >= 15 is 0 Å². The number of hydrogen-bond donors (Lipinski definition) is 3. The minimum Gasteiger partial charge on any atom is -0.478 e. The van der Waals surface area contributed by atoms with Gasteiger partial charge in [-0.05, 0) is 48.7 Å². The summed E-state index contributed by atoms with van der Waals surface area (Å²) in [5.74, 6) is -1.31. The zero-order valence-corrected chi connectivity index (χ0v) is 11.7. The highest BCUT2D eigenvalue weighted by molar-refractivity contribution is 5.95. The van der Waals surface area contributed by atoms with E-state index in [0.717, 1.165) is 5.56 Å². The third-order valence-electron chi connectivity index (χ3n) is 3.25. The van der Waals surface area contributed by atoms with Crippen LogP contribution < -0.4 is 11.1 Å². The number of halogens is 1. The Morgan fingerprint density at radius 2 is 2.10 bits per heavy atom. The second-order valence-corrected chi connectivity index (χ2v) is 4.87. The number of anilines is 2. The molecule has 0 bridgehead atoms. The Morgan fingerprint density at radius 3 is 2.76 bits per heavy atom. The van der Waals surface area contributed by atoms with Crippen molar-refractivity contribution in [2.45, 2.75) is 13.3 Å². The lowest BCUT2D eigenvalue weighted by atomic mass is 10.1. The molecule has 0 saturated heterocycles. The van der Waals surface area contributed by atoms with Crippen LogP contribution in [0.5, 0.6) is 0 Å². The van der Waals surface area contributed by atoms with E-state index in [9.17, 15) is 9.18 Å². The predicted molar refractivity (Wildman–Crippen MR) is 81.1 cm³/mol. The summed E-state index contributed by atoms with van der Waals surface area (Å²) in [5.41, 5.74) is 8.38. The predicted octanol–water partition coefficient (Wildman–Crippen LogP) is 3.07. The molecule has 2 rings (SSSR count). The van der Waals surface area contributed by atoms with Crippen LogP contribution in [-0.2, 0) is 6.42 Å². The average Bonchev–Trinajstić information content (AvgIpc) is 2.42. The molecular formula is C16H17FN2O2. The molecule has 0 saturated carbocycles. The number of nitrogens with two attached hydrogens (primary N) is 1. The second-order valence-electron chi connectivity index (χ2n) is 4.87. The first-order valence-electron chi connectivity index (χ1n) is 6.59. The van der Waals surface area contributed by atoms with E-state index in [1.807, 2.05) is 6.07 Å². The number of aromatic carboxylic acids is 1. The van der Waals surface area contributed by atoms with E-state index in [2.05, 4.69) is 5.32 Å². The second kappa shape index (κ2) is 6.26. The molecule has 0 heterocycles. The Labute approximate surface area is 122 Å². The number of carboxylic acids is 1. The van der Waals surface area contributed by atoms with Gasteiger partial charge in [-0.25, -0.2) is 9.18 Å². The number of hydrogen-bond acceptors (Lipinski definition) is 3. The van der Waals surface area contributed by atoms with Gasteiger partial charge in [-0.3, -0.25) is 0 Å². The molecule has 110 valence electrons. The van der Waals surface area contributed by atoms with Crippen LogP contribution in [0.4, 0.5) is 15.8 Å². The standard InChI is InChI=1S/C16H17FN2O2/c1-10-7-13(9-14(15(10)18)16(20)21)19-6-5-11-3-2-4-12(17)8-11/h2-4,7-9,19H,5-6,18H2,1H3,(H,20,21). The van der Waals surface area contributed by atoms with E-state index in [-0.39, 0.29) is 17.1 Å². The Kier molecular flexibility index (Phi) is 4.42. The van der Waals surface area contributed by atoms with Gasteiger partial charge >= 0.3 is 5.97 Å². The zero-order valence-electron chi connectivity index (χ0n) is 11.7. The lowest BCUT2D eigenvalue weighted by Crippen LogP contribution is -2.09. The summed E-state index contributed by atoms with van der Waals surface area (Å²) in [6, 6.07) is 9.71. The molecule has 2 aromatic rings. The van der Waals surface area contributed by atoms with E-state index < -0.39 is 5.97 Å². The fourth-order valence-electron chi connectivity index (χ4n) is 2.12. The van der Waals surface area contributed by atoms with E-state index in [1.54, 1.807) is 19.1 Å². The van der Waals surface area contributed by atoms with Crippen LogP contribution in [0.25, 0.3) is 0 Å². The minimum atomic E-state index is -1.05. The number of nitrogens with one attached hydrogen (secondary N) is 1. The largest absolute Gasteiger partial charge is 0.478 e. The van der Waals surface area contributed by atoms with Crippen molar-refractivity contribution in [1.82, 2.24) is 0 Å². The average molecular weight is 288 g/mol. The number of rotatable bonds is 5. The Bertz CT molecular complexity index is 671. The molecule has 0 aliphatic carbocycles. The van der Waals surface area contributed by atoms with Crippen LogP contribution in [-0.4, -0.2) is 17.6 Å². The Balaban J connectivity index is 2.05. The van der Waals surface area contributed by atoms with Gasteiger partial charge in [0.25, 0.3) is 0 Å². The molecule has 0 spiro atoms. The Morgan fingerprint density at radius 1 is 1.33 bits per heavy atom. The maximum absolute atomic E-state index is 13.1. The molecule has 0 fully saturated rings. The van der Waals surface area contributed by atoms with Crippen molar-refractivity contribution >= 4 is 17.3 Å². The normalized spacial score (nSPS) is 10.4. The molecule has 0 aliphatic rings. The zero-order chi connectivity index (χ0) is 15.4. The fourth-order valence-corrected chi connectivity index (χ4v) is 2.12. The molecular weight excluding hydrogens is 271 g/mol. The maximum Gasteiger partial charge on any atom is 0.337 e. The monoisotopic (exact) mass is 288 g/mol. The molecule has 0 aromatic heterocycles. The smallest absolute Gasteiger partial charge is 0.337 e. The molecule has 4 nitrogen and oxygen atoms in total. The van der Waals surface area contributed by atoms with Crippen LogP contribution >= 0.6 is 0 Å². The van der Waals surface area contributed by atoms with Gasteiger partial charge in [0.2, 0.25) is 0 Å². The summed E-state index contributed by atoms with van der Waals surface area (Å²) in [6.07, 6.45) is 0.642. The van der Waals surface area contributed by atoms with Crippen LogP contribution in [0.1, 0.15) is 21.5 Å². The van der Waals surface area contributed by atoms with Gasteiger partial charge in [-0.15, -0.1) is 0 Å². The minimum absolute atomic E-state index is 0.0863. The van der Waals surface area contributed by atoms with Crippen LogP contribution in [0.2, 0.25) is 0 Å². The summed E-state index contributed by atoms with van der Waals surface area (Å²) < 4.78 is 13.1. The SMILES string of the molecule is Cc1cc(NCCc2cccc(F)c2)cc(C(=O)O)c1N. The molecule has 0 atom stereocenters. The third-order valence-corrected chi connectivity index (χ3v) is 3.25. The van der Waals surface area contributed by atoms with Crippen molar-refractivity contribution in [2.75, 3.05) is 17.6 Å². The summed E-state index contributed by atoms with van der Waals surface area (Å²) in [7, 11) is 0. The van der Waals surface area contributed by atoms with Crippen molar-refractivity contribution in [3.63, 3.8) is 0 Å². The molecule has 2 aromatic carbocycles. The van der Waals surface area contributed by atoms with Gasteiger partial charge in [0, 0.05) is 17.9 Å². The summed E-state index contributed by atoms with van der Waals surface area (Å²) in [5, 5.41) is 12.2. The number of carboxylic acid groups (broad SMARTS) is 1. The topological polar surface area (TPSA) is 75.3 Å². The number of aryl methyl sites for hydroxylation is 1. The van der Waals surface area contributed by atoms with Crippen LogP contribution in [0, 0.1) is 12.7 Å². The first kappa shape index (κ1) is 14.8.